The van der Waals surface area contributed by atoms with Crippen LogP contribution in [0.2, 0.25) is 0 Å². The minimum absolute atomic E-state index is 0.652. The number of aliphatic hydroxyl groups excluding tert-OH is 1. The highest BCUT2D eigenvalue weighted by Crippen LogP contribution is 2.29. The van der Waals surface area contributed by atoms with Crippen molar-refractivity contribution in [2.75, 3.05) is 0 Å². The number of aliphatic hydroxyl groups is 1. The van der Waals surface area contributed by atoms with Crippen molar-refractivity contribution in [3.05, 3.63) is 60.4 Å². The van der Waals surface area contributed by atoms with E-state index in [0.717, 1.165) is 16.5 Å². The molecule has 0 aliphatic heterocycles. The molecule has 3 rings (SSSR count). The number of fused-ring (bicyclic) bond motifs is 1. The molecule has 0 saturated carbocycles. The van der Waals surface area contributed by atoms with Crippen LogP contribution in [0.3, 0.4) is 0 Å². The molecule has 0 aliphatic carbocycles. The van der Waals surface area contributed by atoms with E-state index in [1.165, 1.54) is 6.33 Å². The van der Waals surface area contributed by atoms with E-state index in [4.69, 9.17) is 4.42 Å². The molecule has 0 saturated heterocycles. The molecule has 1 aromatic carbocycles. The lowest BCUT2D eigenvalue weighted by atomic mass is 10.0. The Kier molecular flexibility index (Phi) is 2.34. The summed E-state index contributed by atoms with van der Waals surface area (Å²) in [5.74, 6) is 0. The molecule has 2 aromatic heterocycles. The van der Waals surface area contributed by atoms with E-state index in [2.05, 4.69) is 9.97 Å². The molecule has 0 fully saturated rings. The van der Waals surface area contributed by atoms with Gasteiger partial charge in [-0.2, -0.15) is 0 Å². The van der Waals surface area contributed by atoms with E-state index in [9.17, 15) is 5.11 Å². The largest absolute Gasteiger partial charge is 0.464 e. The summed E-state index contributed by atoms with van der Waals surface area (Å²) in [4.78, 5) is 7.79. The third kappa shape index (κ3) is 1.68. The van der Waals surface area contributed by atoms with Crippen LogP contribution in [0.5, 0.6) is 0 Å². The van der Waals surface area contributed by atoms with Crippen molar-refractivity contribution in [2.45, 2.75) is 6.10 Å². The van der Waals surface area contributed by atoms with Crippen LogP contribution in [0.4, 0.5) is 0 Å². The maximum atomic E-state index is 10.2. The van der Waals surface area contributed by atoms with Gasteiger partial charge < -0.3 is 9.52 Å². The van der Waals surface area contributed by atoms with Gasteiger partial charge in [-0.3, -0.25) is 0 Å². The fourth-order valence-corrected chi connectivity index (χ4v) is 1.84. The van der Waals surface area contributed by atoms with Gasteiger partial charge in [-0.25, -0.2) is 9.97 Å². The van der Waals surface area contributed by atoms with Gasteiger partial charge >= 0.3 is 0 Å². The van der Waals surface area contributed by atoms with Gasteiger partial charge in [-0.05, 0) is 6.07 Å². The normalized spacial score (nSPS) is 12.8. The molecule has 2 heterocycles. The summed E-state index contributed by atoms with van der Waals surface area (Å²) >= 11 is 0. The van der Waals surface area contributed by atoms with Crippen molar-refractivity contribution in [3.63, 3.8) is 0 Å². The van der Waals surface area contributed by atoms with Crippen molar-refractivity contribution < 1.29 is 9.52 Å². The van der Waals surface area contributed by atoms with E-state index in [0.29, 0.717) is 5.56 Å². The van der Waals surface area contributed by atoms with Crippen molar-refractivity contribution in [1.82, 2.24) is 9.97 Å². The molecule has 0 radical (unpaired) electrons. The fraction of sp³-hybridized carbons (Fsp3) is 0.0769. The number of nitrogens with zero attached hydrogens (tertiary/aromatic N) is 2. The molecule has 84 valence electrons. The van der Waals surface area contributed by atoms with Crippen LogP contribution >= 0.6 is 0 Å². The smallest absolute Gasteiger partial charge is 0.134 e. The Morgan fingerprint density at radius 1 is 1.12 bits per heavy atom. The zero-order valence-corrected chi connectivity index (χ0v) is 8.95. The van der Waals surface area contributed by atoms with Gasteiger partial charge in [0.1, 0.15) is 18.0 Å². The summed E-state index contributed by atoms with van der Waals surface area (Å²) in [6.07, 6.45) is 5.44. The summed E-state index contributed by atoms with van der Waals surface area (Å²) in [5, 5.41) is 11.1. The summed E-state index contributed by atoms with van der Waals surface area (Å²) < 4.78 is 5.39. The SMILES string of the molecule is OC(c1cncnc1)c1coc2ccccc12. The summed E-state index contributed by atoms with van der Waals surface area (Å²) in [5.41, 5.74) is 2.15. The van der Waals surface area contributed by atoms with Gasteiger partial charge in [-0.15, -0.1) is 0 Å². The highest BCUT2D eigenvalue weighted by Gasteiger charge is 2.16. The zero-order chi connectivity index (χ0) is 11.7. The van der Waals surface area contributed by atoms with Crippen LogP contribution in [-0.2, 0) is 0 Å². The zero-order valence-electron chi connectivity index (χ0n) is 8.95. The second-order valence-corrected chi connectivity index (χ2v) is 3.76. The average Bonchev–Trinajstić information content (AvgIpc) is 2.83. The van der Waals surface area contributed by atoms with Gasteiger partial charge in [-0.1, -0.05) is 18.2 Å². The number of para-hydroxylation sites is 1. The summed E-state index contributed by atoms with van der Waals surface area (Å²) in [7, 11) is 0. The second-order valence-electron chi connectivity index (χ2n) is 3.76. The van der Waals surface area contributed by atoms with E-state index >= 15 is 0 Å². The molecule has 0 amide bonds. The lowest BCUT2D eigenvalue weighted by Crippen LogP contribution is -1.99. The molecule has 1 unspecified atom stereocenters. The monoisotopic (exact) mass is 226 g/mol. The number of furan rings is 1. The van der Waals surface area contributed by atoms with Crippen LogP contribution in [-0.4, -0.2) is 15.1 Å². The van der Waals surface area contributed by atoms with E-state index < -0.39 is 6.10 Å². The third-order valence-electron chi connectivity index (χ3n) is 2.70. The van der Waals surface area contributed by atoms with Crippen molar-refractivity contribution in [1.29, 1.82) is 0 Å². The molecule has 0 bridgehead atoms. The molecule has 4 nitrogen and oxygen atoms in total. The molecule has 0 spiro atoms. The van der Waals surface area contributed by atoms with Crippen molar-refractivity contribution >= 4 is 11.0 Å². The number of rotatable bonds is 2. The van der Waals surface area contributed by atoms with Crippen LogP contribution in [0, 0.1) is 0 Å². The van der Waals surface area contributed by atoms with Gasteiger partial charge in [0.15, 0.2) is 0 Å². The predicted octanol–water partition coefficient (Wildman–Crippen LogP) is 2.30. The quantitative estimate of drug-likeness (QED) is 0.728. The summed E-state index contributed by atoms with van der Waals surface area (Å²) in [6.45, 7) is 0. The van der Waals surface area contributed by atoms with Gasteiger partial charge in [0.2, 0.25) is 0 Å². The Morgan fingerprint density at radius 2 is 1.88 bits per heavy atom. The molecule has 1 atom stereocenters. The topological polar surface area (TPSA) is 59.2 Å². The number of aromatic nitrogens is 2. The standard InChI is InChI=1S/C13H10N2O2/c16-13(9-5-14-8-15-6-9)11-7-17-12-4-2-1-3-10(11)12/h1-8,13,16H. The van der Waals surface area contributed by atoms with Gasteiger partial charge in [0.25, 0.3) is 0 Å². The van der Waals surface area contributed by atoms with Gasteiger partial charge in [0, 0.05) is 28.9 Å². The van der Waals surface area contributed by atoms with Crippen LogP contribution in [0.25, 0.3) is 11.0 Å². The first-order chi connectivity index (χ1) is 8.36. The molecular formula is C13H10N2O2. The van der Waals surface area contributed by atoms with Crippen LogP contribution in [0.15, 0.2) is 53.7 Å². The van der Waals surface area contributed by atoms with Crippen molar-refractivity contribution in [2.24, 2.45) is 0 Å². The molecule has 0 aliphatic rings. The maximum Gasteiger partial charge on any atom is 0.134 e. The first-order valence-electron chi connectivity index (χ1n) is 5.25. The molecule has 1 N–H and O–H groups in total. The first kappa shape index (κ1) is 9.99. The molecule has 3 aromatic rings. The lowest BCUT2D eigenvalue weighted by Gasteiger charge is -2.07. The Labute approximate surface area is 97.6 Å². The van der Waals surface area contributed by atoms with E-state index in [1.807, 2.05) is 24.3 Å². The number of benzene rings is 1. The van der Waals surface area contributed by atoms with E-state index in [-0.39, 0.29) is 0 Å². The Hall–Kier alpha value is -2.20. The maximum absolute atomic E-state index is 10.2. The average molecular weight is 226 g/mol. The van der Waals surface area contributed by atoms with Crippen LogP contribution < -0.4 is 0 Å². The second kappa shape index (κ2) is 3.99. The van der Waals surface area contributed by atoms with Crippen LogP contribution in [0.1, 0.15) is 17.2 Å². The highest BCUT2D eigenvalue weighted by molar-refractivity contribution is 5.81. The Bertz CT molecular complexity index is 634. The molecule has 17 heavy (non-hydrogen) atoms. The van der Waals surface area contributed by atoms with E-state index in [1.54, 1.807) is 18.7 Å². The van der Waals surface area contributed by atoms with Gasteiger partial charge in [0.05, 0.1) is 6.26 Å². The number of hydrogen-bond acceptors (Lipinski definition) is 4. The number of hydrogen-bond donors (Lipinski definition) is 1. The molecule has 4 heteroatoms. The predicted molar refractivity (Wildman–Crippen MR) is 62.3 cm³/mol. The highest BCUT2D eigenvalue weighted by atomic mass is 16.3. The van der Waals surface area contributed by atoms with Crippen molar-refractivity contribution in [3.8, 4) is 0 Å². The Morgan fingerprint density at radius 3 is 2.71 bits per heavy atom. The Balaban J connectivity index is 2.10. The fourth-order valence-electron chi connectivity index (χ4n) is 1.84. The lowest BCUT2D eigenvalue weighted by molar-refractivity contribution is 0.219. The minimum atomic E-state index is -0.764. The molecular weight excluding hydrogens is 216 g/mol. The first-order valence-corrected chi connectivity index (χ1v) is 5.25. The third-order valence-corrected chi connectivity index (χ3v) is 2.70. The minimum Gasteiger partial charge on any atom is -0.464 e. The summed E-state index contributed by atoms with van der Waals surface area (Å²) in [6, 6.07) is 7.59.